The van der Waals surface area contributed by atoms with Gasteiger partial charge in [-0.3, -0.25) is 0 Å². The molecule has 3 atom stereocenters. The van der Waals surface area contributed by atoms with Crippen LogP contribution in [0.2, 0.25) is 0 Å². The van der Waals surface area contributed by atoms with Crippen LogP contribution in [0.25, 0.3) is 0 Å². The molecule has 1 saturated carbocycles. The summed E-state index contributed by atoms with van der Waals surface area (Å²) in [7, 11) is 0. The van der Waals surface area contributed by atoms with Gasteiger partial charge < -0.3 is 0 Å². The van der Waals surface area contributed by atoms with Gasteiger partial charge in [-0.05, 0) is 115 Å². The normalized spacial score (nSPS) is 29.3. The lowest BCUT2D eigenvalue weighted by atomic mass is 9.48. The Morgan fingerprint density at radius 1 is 0.900 bits per heavy atom. The summed E-state index contributed by atoms with van der Waals surface area (Å²) in [6, 6.07) is 0. The van der Waals surface area contributed by atoms with Crippen molar-refractivity contribution in [3.63, 3.8) is 0 Å². The summed E-state index contributed by atoms with van der Waals surface area (Å²) in [5.41, 5.74) is 7.24. The second-order valence-corrected chi connectivity index (χ2v) is 11.7. The molecular weight excluding hydrogens is 360 g/mol. The maximum Gasteiger partial charge on any atom is -0.0146 e. The van der Waals surface area contributed by atoms with Gasteiger partial charge in [-0.1, -0.05) is 73.8 Å². The van der Waals surface area contributed by atoms with Gasteiger partial charge in [-0.15, -0.1) is 0 Å². The van der Waals surface area contributed by atoms with E-state index in [1.54, 1.807) is 16.7 Å². The van der Waals surface area contributed by atoms with Gasteiger partial charge in [0.25, 0.3) is 0 Å². The van der Waals surface area contributed by atoms with Crippen molar-refractivity contribution in [3.8, 4) is 0 Å². The van der Waals surface area contributed by atoms with Crippen LogP contribution in [0.1, 0.15) is 120 Å². The third-order valence-corrected chi connectivity index (χ3v) is 8.37. The highest BCUT2D eigenvalue weighted by atomic mass is 14.6. The first-order valence-corrected chi connectivity index (χ1v) is 12.7. The molecule has 0 radical (unpaired) electrons. The van der Waals surface area contributed by atoms with Crippen molar-refractivity contribution in [2.75, 3.05) is 0 Å². The van der Waals surface area contributed by atoms with Gasteiger partial charge in [0, 0.05) is 0 Å². The zero-order valence-electron chi connectivity index (χ0n) is 21.5. The molecule has 0 spiro atoms. The molecule has 2 rings (SSSR count). The molecule has 0 aliphatic heterocycles. The first-order valence-electron chi connectivity index (χ1n) is 12.7. The summed E-state index contributed by atoms with van der Waals surface area (Å²) in [6.07, 6.45) is 22.9. The molecule has 0 aromatic heterocycles. The largest absolute Gasteiger partial charge is 0.0856 e. The minimum atomic E-state index is 0.504. The molecule has 0 aromatic rings. The van der Waals surface area contributed by atoms with Crippen LogP contribution in [0.15, 0.2) is 46.6 Å². The molecule has 0 heterocycles. The Morgan fingerprint density at radius 2 is 1.50 bits per heavy atom. The molecule has 0 bridgehead atoms. The Kier molecular flexibility index (Phi) is 9.26. The molecule has 2 aliphatic rings. The molecule has 0 nitrogen and oxygen atoms in total. The first-order chi connectivity index (χ1) is 14.1. The van der Waals surface area contributed by atoms with Crippen LogP contribution in [-0.4, -0.2) is 0 Å². The Labute approximate surface area is 189 Å². The van der Waals surface area contributed by atoms with Gasteiger partial charge in [-0.2, -0.15) is 0 Å². The van der Waals surface area contributed by atoms with Crippen LogP contribution in [0, 0.1) is 22.7 Å². The average Bonchev–Trinajstić information content (AvgIpc) is 2.63. The van der Waals surface area contributed by atoms with E-state index in [0.717, 1.165) is 11.8 Å². The SMILES string of the molecule is CC(C)=CCC/C(C)=C/CC/C(C)=C/CC[C@H]1C(C)=CC[C@H]2C(C)(C)CCC[C@]12C. The van der Waals surface area contributed by atoms with Gasteiger partial charge in [0.2, 0.25) is 0 Å². The number of allylic oxidation sites excluding steroid dienone is 8. The van der Waals surface area contributed by atoms with E-state index < -0.39 is 0 Å². The highest BCUT2D eigenvalue weighted by Gasteiger charge is 2.51. The van der Waals surface area contributed by atoms with E-state index in [2.05, 4.69) is 79.7 Å². The number of hydrogen-bond acceptors (Lipinski definition) is 0. The lowest BCUT2D eigenvalue weighted by molar-refractivity contribution is -0.0388. The molecule has 0 aromatic carbocycles. The summed E-state index contributed by atoms with van der Waals surface area (Å²) in [5, 5.41) is 0. The molecule has 0 heteroatoms. The molecule has 0 amide bonds. The molecule has 2 aliphatic carbocycles. The molecule has 0 N–H and O–H groups in total. The fourth-order valence-electron chi connectivity index (χ4n) is 6.53. The highest BCUT2D eigenvalue weighted by molar-refractivity contribution is 5.18. The van der Waals surface area contributed by atoms with Crippen molar-refractivity contribution < 1.29 is 0 Å². The van der Waals surface area contributed by atoms with Crippen LogP contribution in [-0.2, 0) is 0 Å². The van der Waals surface area contributed by atoms with Gasteiger partial charge in [0.1, 0.15) is 0 Å². The Hall–Kier alpha value is -1.04. The minimum absolute atomic E-state index is 0.504. The summed E-state index contributed by atoms with van der Waals surface area (Å²) in [4.78, 5) is 0. The minimum Gasteiger partial charge on any atom is -0.0856 e. The first kappa shape index (κ1) is 25.2. The fraction of sp³-hybridized carbons (Fsp3) is 0.733. The van der Waals surface area contributed by atoms with Crippen LogP contribution >= 0.6 is 0 Å². The number of fused-ring (bicyclic) bond motifs is 1. The van der Waals surface area contributed by atoms with Gasteiger partial charge in [0.05, 0.1) is 0 Å². The van der Waals surface area contributed by atoms with Crippen LogP contribution in [0.3, 0.4) is 0 Å². The zero-order chi connectivity index (χ0) is 22.4. The van der Waals surface area contributed by atoms with Crippen molar-refractivity contribution in [3.05, 3.63) is 46.6 Å². The number of hydrogen-bond donors (Lipinski definition) is 0. The van der Waals surface area contributed by atoms with Crippen molar-refractivity contribution in [2.45, 2.75) is 120 Å². The summed E-state index contributed by atoms with van der Waals surface area (Å²) >= 11 is 0. The lowest BCUT2D eigenvalue weighted by Crippen LogP contribution is -2.48. The van der Waals surface area contributed by atoms with E-state index in [0.29, 0.717) is 10.8 Å². The highest BCUT2D eigenvalue weighted by Crippen LogP contribution is 2.60. The maximum absolute atomic E-state index is 2.62. The molecular formula is C30H50. The molecule has 0 unspecified atom stereocenters. The smallest absolute Gasteiger partial charge is 0.0146 e. The Bertz CT molecular complexity index is 677. The Morgan fingerprint density at radius 3 is 2.13 bits per heavy atom. The maximum atomic E-state index is 2.62. The quantitative estimate of drug-likeness (QED) is 0.332. The van der Waals surface area contributed by atoms with Crippen molar-refractivity contribution in [1.82, 2.24) is 0 Å². The lowest BCUT2D eigenvalue weighted by Gasteiger charge is -2.57. The Balaban J connectivity index is 1.87. The second kappa shape index (κ2) is 11.0. The summed E-state index contributed by atoms with van der Waals surface area (Å²) in [6.45, 7) is 19.1. The van der Waals surface area contributed by atoms with Crippen molar-refractivity contribution in [1.29, 1.82) is 0 Å². The van der Waals surface area contributed by atoms with Gasteiger partial charge in [0.15, 0.2) is 0 Å². The second-order valence-electron chi connectivity index (χ2n) is 11.7. The van der Waals surface area contributed by atoms with E-state index in [-0.39, 0.29) is 0 Å². The summed E-state index contributed by atoms with van der Waals surface area (Å²) < 4.78 is 0. The molecule has 0 saturated heterocycles. The van der Waals surface area contributed by atoms with E-state index >= 15 is 0 Å². The monoisotopic (exact) mass is 410 g/mol. The predicted molar refractivity (Wildman–Crippen MR) is 136 cm³/mol. The molecule has 1 fully saturated rings. The van der Waals surface area contributed by atoms with E-state index in [9.17, 15) is 0 Å². The van der Waals surface area contributed by atoms with Gasteiger partial charge >= 0.3 is 0 Å². The summed E-state index contributed by atoms with van der Waals surface area (Å²) in [5.74, 6) is 1.63. The third-order valence-electron chi connectivity index (χ3n) is 8.37. The zero-order valence-corrected chi connectivity index (χ0v) is 21.5. The van der Waals surface area contributed by atoms with E-state index in [4.69, 9.17) is 0 Å². The van der Waals surface area contributed by atoms with Crippen LogP contribution in [0.5, 0.6) is 0 Å². The average molecular weight is 411 g/mol. The fourth-order valence-corrected chi connectivity index (χ4v) is 6.53. The van der Waals surface area contributed by atoms with E-state index in [1.165, 1.54) is 69.8 Å². The molecule has 170 valence electrons. The van der Waals surface area contributed by atoms with Crippen molar-refractivity contribution >= 4 is 0 Å². The van der Waals surface area contributed by atoms with E-state index in [1.807, 2.05) is 0 Å². The van der Waals surface area contributed by atoms with Crippen LogP contribution in [0.4, 0.5) is 0 Å². The van der Waals surface area contributed by atoms with Crippen molar-refractivity contribution in [2.24, 2.45) is 22.7 Å². The standard InChI is InChI=1S/C30H50/c1-23(2)13-9-14-24(3)15-10-16-25(4)17-11-18-27-26(5)19-20-28-29(6,7)21-12-22-30(27,28)8/h13,15,17,19,27-28H,9-12,14,16,18,20-22H2,1-8H3/b24-15+,25-17+/t27-,28-,30+/m0/s1. The van der Waals surface area contributed by atoms with Gasteiger partial charge in [-0.25, -0.2) is 0 Å². The third kappa shape index (κ3) is 6.73. The molecule has 30 heavy (non-hydrogen) atoms. The van der Waals surface area contributed by atoms with Crippen LogP contribution < -0.4 is 0 Å². The number of rotatable bonds is 9. The topological polar surface area (TPSA) is 0 Å². The predicted octanol–water partition coefficient (Wildman–Crippen LogP) is 9.98.